The lowest BCUT2D eigenvalue weighted by Gasteiger charge is -2.06. The summed E-state index contributed by atoms with van der Waals surface area (Å²) in [5, 5.41) is 3.30. The van der Waals surface area contributed by atoms with E-state index < -0.39 is 0 Å². The Morgan fingerprint density at radius 1 is 1.41 bits per heavy atom. The molecule has 1 fully saturated rings. The number of nitrogens with one attached hydrogen (secondary N) is 1. The highest BCUT2D eigenvalue weighted by atomic mass is 16.5. The molecule has 2 rings (SSSR count). The molecule has 4 nitrogen and oxygen atoms in total. The monoisotopic (exact) mass is 236 g/mol. The van der Waals surface area contributed by atoms with Crippen LogP contribution in [0.1, 0.15) is 18.5 Å². The average molecular weight is 236 g/mol. The maximum absolute atomic E-state index is 5.53. The van der Waals surface area contributed by atoms with Gasteiger partial charge in [-0.3, -0.25) is 0 Å². The molecule has 0 aliphatic heterocycles. The lowest BCUT2D eigenvalue weighted by molar-refractivity contribution is 0.126. The first-order valence-corrected chi connectivity index (χ1v) is 6.17. The van der Waals surface area contributed by atoms with Gasteiger partial charge < -0.3 is 14.8 Å². The predicted molar refractivity (Wildman–Crippen MR) is 66.0 cm³/mol. The van der Waals surface area contributed by atoms with E-state index in [2.05, 4.69) is 10.3 Å². The van der Waals surface area contributed by atoms with Crippen LogP contribution in [0.3, 0.4) is 0 Å². The summed E-state index contributed by atoms with van der Waals surface area (Å²) in [6.07, 6.45) is 2.70. The van der Waals surface area contributed by atoms with Gasteiger partial charge in [-0.15, -0.1) is 0 Å². The number of methoxy groups -OCH3 is 1. The van der Waals surface area contributed by atoms with Gasteiger partial charge in [0.15, 0.2) is 0 Å². The Balaban J connectivity index is 1.56. The van der Waals surface area contributed by atoms with Gasteiger partial charge in [-0.2, -0.15) is 0 Å². The normalized spacial score (nSPS) is 14.9. The third-order valence-electron chi connectivity index (χ3n) is 2.77. The van der Waals surface area contributed by atoms with E-state index in [0.717, 1.165) is 37.9 Å². The molecular formula is C13H20N2O2. The highest BCUT2D eigenvalue weighted by Gasteiger charge is 2.20. The van der Waals surface area contributed by atoms with Crippen LogP contribution in [0.25, 0.3) is 0 Å². The largest absolute Gasteiger partial charge is 0.481 e. The highest BCUT2D eigenvalue weighted by molar-refractivity contribution is 5.15. The first kappa shape index (κ1) is 12.3. The quantitative estimate of drug-likeness (QED) is 0.696. The molecule has 0 aromatic carbocycles. The summed E-state index contributed by atoms with van der Waals surface area (Å²) in [4.78, 5) is 4.32. The summed E-state index contributed by atoms with van der Waals surface area (Å²) in [5.74, 6) is 1.50. The second-order valence-electron chi connectivity index (χ2n) is 4.37. The second-order valence-corrected chi connectivity index (χ2v) is 4.37. The molecule has 0 amide bonds. The van der Waals surface area contributed by atoms with Crippen molar-refractivity contribution < 1.29 is 9.47 Å². The van der Waals surface area contributed by atoms with Crippen LogP contribution in [0.5, 0.6) is 5.88 Å². The van der Waals surface area contributed by atoms with Crippen LogP contribution in [0.4, 0.5) is 0 Å². The molecular weight excluding hydrogens is 216 g/mol. The van der Waals surface area contributed by atoms with Crippen molar-refractivity contribution >= 4 is 0 Å². The fourth-order valence-corrected chi connectivity index (χ4v) is 1.57. The molecule has 4 heteroatoms. The first-order valence-electron chi connectivity index (χ1n) is 6.17. The van der Waals surface area contributed by atoms with Crippen LogP contribution in [0.2, 0.25) is 0 Å². The molecule has 1 aromatic heterocycles. The van der Waals surface area contributed by atoms with Gasteiger partial charge in [-0.1, -0.05) is 6.07 Å². The van der Waals surface area contributed by atoms with E-state index >= 15 is 0 Å². The number of hydrogen-bond acceptors (Lipinski definition) is 4. The van der Waals surface area contributed by atoms with E-state index in [1.54, 1.807) is 7.11 Å². The molecule has 1 aromatic rings. The number of aromatic nitrogens is 1. The Labute approximate surface area is 102 Å². The minimum atomic E-state index is 0.661. The van der Waals surface area contributed by atoms with Crippen LogP contribution in [0.15, 0.2) is 18.2 Å². The fraction of sp³-hybridized carbons (Fsp3) is 0.615. The molecule has 0 atom stereocenters. The molecule has 1 heterocycles. The summed E-state index contributed by atoms with van der Waals surface area (Å²) in [7, 11) is 1.63. The number of nitrogens with zero attached hydrogens (tertiary/aromatic N) is 1. The van der Waals surface area contributed by atoms with Crippen molar-refractivity contribution in [3.8, 4) is 5.88 Å². The Kier molecular flexibility index (Phi) is 4.76. The molecule has 0 unspecified atom stereocenters. The van der Waals surface area contributed by atoms with E-state index in [4.69, 9.17) is 9.47 Å². The molecule has 94 valence electrons. The highest BCUT2D eigenvalue weighted by Crippen LogP contribution is 2.28. The van der Waals surface area contributed by atoms with Gasteiger partial charge in [-0.25, -0.2) is 4.98 Å². The first-order chi connectivity index (χ1) is 8.38. The van der Waals surface area contributed by atoms with Gasteiger partial charge in [0, 0.05) is 25.8 Å². The number of ether oxygens (including phenoxy) is 2. The van der Waals surface area contributed by atoms with Crippen LogP contribution < -0.4 is 10.1 Å². The molecule has 17 heavy (non-hydrogen) atoms. The lowest BCUT2D eigenvalue weighted by Crippen LogP contribution is -2.20. The van der Waals surface area contributed by atoms with Gasteiger partial charge in [0.05, 0.1) is 19.4 Å². The van der Waals surface area contributed by atoms with Crippen molar-refractivity contribution in [2.75, 3.05) is 26.9 Å². The summed E-state index contributed by atoms with van der Waals surface area (Å²) >= 11 is 0. The third kappa shape index (κ3) is 4.71. The van der Waals surface area contributed by atoms with Crippen LogP contribution in [0, 0.1) is 5.92 Å². The summed E-state index contributed by atoms with van der Waals surface area (Å²) in [6, 6.07) is 5.79. The zero-order valence-electron chi connectivity index (χ0n) is 10.3. The van der Waals surface area contributed by atoms with Crippen molar-refractivity contribution in [3.63, 3.8) is 0 Å². The van der Waals surface area contributed by atoms with Gasteiger partial charge >= 0.3 is 0 Å². The van der Waals surface area contributed by atoms with Gasteiger partial charge in [0.2, 0.25) is 5.88 Å². The topological polar surface area (TPSA) is 43.4 Å². The SMILES string of the molecule is COc1cccc(CNCCOCC2CC2)n1. The lowest BCUT2D eigenvalue weighted by atomic mass is 10.3. The Morgan fingerprint density at radius 3 is 3.06 bits per heavy atom. The molecule has 1 saturated carbocycles. The minimum Gasteiger partial charge on any atom is -0.481 e. The summed E-state index contributed by atoms with van der Waals surface area (Å²) < 4.78 is 10.6. The Bertz CT molecular complexity index is 340. The summed E-state index contributed by atoms with van der Waals surface area (Å²) in [5.41, 5.74) is 0.992. The van der Waals surface area contributed by atoms with Crippen LogP contribution in [-0.4, -0.2) is 31.9 Å². The molecule has 1 aliphatic carbocycles. The standard InChI is InChI=1S/C13H20N2O2/c1-16-13-4-2-3-12(15-13)9-14-7-8-17-10-11-5-6-11/h2-4,11,14H,5-10H2,1H3. The van der Waals surface area contributed by atoms with Crippen molar-refractivity contribution in [2.24, 2.45) is 5.92 Å². The maximum atomic E-state index is 5.53. The molecule has 1 N–H and O–H groups in total. The molecule has 0 spiro atoms. The van der Waals surface area contributed by atoms with Crippen molar-refractivity contribution in [2.45, 2.75) is 19.4 Å². The van der Waals surface area contributed by atoms with E-state index in [1.165, 1.54) is 12.8 Å². The van der Waals surface area contributed by atoms with Gasteiger partial charge in [-0.05, 0) is 24.8 Å². The van der Waals surface area contributed by atoms with Crippen molar-refractivity contribution in [1.29, 1.82) is 0 Å². The molecule has 1 aliphatic rings. The number of rotatable bonds is 8. The zero-order chi connectivity index (χ0) is 11.9. The third-order valence-corrected chi connectivity index (χ3v) is 2.77. The van der Waals surface area contributed by atoms with Crippen LogP contribution in [-0.2, 0) is 11.3 Å². The molecule has 0 saturated heterocycles. The minimum absolute atomic E-state index is 0.661. The van der Waals surface area contributed by atoms with E-state index in [0.29, 0.717) is 5.88 Å². The molecule has 0 radical (unpaired) electrons. The predicted octanol–water partition coefficient (Wildman–Crippen LogP) is 1.61. The van der Waals surface area contributed by atoms with E-state index in [1.807, 2.05) is 18.2 Å². The Morgan fingerprint density at radius 2 is 2.29 bits per heavy atom. The van der Waals surface area contributed by atoms with Crippen molar-refractivity contribution in [3.05, 3.63) is 23.9 Å². The molecule has 0 bridgehead atoms. The van der Waals surface area contributed by atoms with E-state index in [9.17, 15) is 0 Å². The van der Waals surface area contributed by atoms with Gasteiger partial charge in [0.1, 0.15) is 0 Å². The maximum Gasteiger partial charge on any atom is 0.213 e. The fourth-order valence-electron chi connectivity index (χ4n) is 1.57. The van der Waals surface area contributed by atoms with E-state index in [-0.39, 0.29) is 0 Å². The van der Waals surface area contributed by atoms with Crippen molar-refractivity contribution in [1.82, 2.24) is 10.3 Å². The number of pyridine rings is 1. The van der Waals surface area contributed by atoms with Gasteiger partial charge in [0.25, 0.3) is 0 Å². The Hall–Kier alpha value is -1.13. The van der Waals surface area contributed by atoms with Crippen LogP contribution >= 0.6 is 0 Å². The smallest absolute Gasteiger partial charge is 0.213 e. The summed E-state index contributed by atoms with van der Waals surface area (Å²) in [6.45, 7) is 3.33. The average Bonchev–Trinajstić information content (AvgIpc) is 3.18. The zero-order valence-corrected chi connectivity index (χ0v) is 10.3. The number of hydrogen-bond donors (Lipinski definition) is 1. The second kappa shape index (κ2) is 6.57.